The largest absolute Gasteiger partial charge is 0.376 e. The van der Waals surface area contributed by atoms with Crippen LogP contribution < -0.4 is 10.2 Å². The number of nitrogens with zero attached hydrogens (tertiary/aromatic N) is 1. The Labute approximate surface area is 134 Å². The molecule has 0 radical (unpaired) electrons. The summed E-state index contributed by atoms with van der Waals surface area (Å²) in [5, 5.41) is 3.63. The molecule has 0 fully saturated rings. The minimum atomic E-state index is 0.183. The molecule has 1 aliphatic rings. The number of rotatable bonds is 3. The lowest BCUT2D eigenvalue weighted by atomic mass is 9.99. The number of benzene rings is 2. The Morgan fingerprint density at radius 2 is 2.00 bits per heavy atom. The van der Waals surface area contributed by atoms with Crippen molar-refractivity contribution in [3.63, 3.8) is 0 Å². The van der Waals surface area contributed by atoms with Gasteiger partial charge in [-0.2, -0.15) is 0 Å². The van der Waals surface area contributed by atoms with Crippen molar-refractivity contribution < 1.29 is 4.74 Å². The first-order valence-corrected chi connectivity index (χ1v) is 7.83. The third-order valence-corrected chi connectivity index (χ3v) is 4.24. The van der Waals surface area contributed by atoms with Crippen LogP contribution in [-0.4, -0.2) is 20.7 Å². The topological polar surface area (TPSA) is 24.5 Å². The van der Waals surface area contributed by atoms with E-state index in [-0.39, 0.29) is 6.04 Å². The summed E-state index contributed by atoms with van der Waals surface area (Å²) >= 11 is 3.55. The molecular formula is C17H19BrN2O. The third kappa shape index (κ3) is 3.06. The zero-order chi connectivity index (χ0) is 14.8. The summed E-state index contributed by atoms with van der Waals surface area (Å²) in [5.74, 6) is 0. The molecule has 2 aromatic rings. The van der Waals surface area contributed by atoms with Gasteiger partial charge in [0.05, 0.1) is 30.6 Å². The van der Waals surface area contributed by atoms with Gasteiger partial charge in [-0.05, 0) is 29.3 Å². The highest BCUT2D eigenvalue weighted by atomic mass is 79.9. The molecule has 21 heavy (non-hydrogen) atoms. The maximum Gasteiger partial charge on any atom is 0.0752 e. The predicted octanol–water partition coefficient (Wildman–Crippen LogP) is 4.20. The molecule has 0 saturated carbocycles. The van der Waals surface area contributed by atoms with Gasteiger partial charge in [-0.15, -0.1) is 0 Å². The Hall–Kier alpha value is -1.52. The number of hydrogen-bond donors (Lipinski definition) is 1. The second-order valence-electron chi connectivity index (χ2n) is 5.47. The smallest absolute Gasteiger partial charge is 0.0752 e. The summed E-state index contributed by atoms with van der Waals surface area (Å²) in [7, 11) is 4.11. The molecule has 0 bridgehead atoms. The maximum atomic E-state index is 5.72. The average molecular weight is 347 g/mol. The third-order valence-electron chi connectivity index (χ3n) is 3.74. The molecule has 1 unspecified atom stereocenters. The van der Waals surface area contributed by atoms with Gasteiger partial charge in [-0.3, -0.25) is 0 Å². The zero-order valence-electron chi connectivity index (χ0n) is 12.3. The van der Waals surface area contributed by atoms with Crippen molar-refractivity contribution in [1.29, 1.82) is 0 Å². The van der Waals surface area contributed by atoms with E-state index in [1.54, 1.807) is 0 Å². The van der Waals surface area contributed by atoms with Crippen molar-refractivity contribution in [2.45, 2.75) is 12.6 Å². The Balaban J connectivity index is 1.93. The molecule has 0 amide bonds. The lowest BCUT2D eigenvalue weighted by Gasteiger charge is -2.29. The van der Waals surface area contributed by atoms with Crippen LogP contribution in [0.25, 0.3) is 0 Å². The molecule has 1 heterocycles. The van der Waals surface area contributed by atoms with Crippen LogP contribution in [0, 0.1) is 0 Å². The summed E-state index contributed by atoms with van der Waals surface area (Å²) in [6, 6.07) is 14.9. The summed E-state index contributed by atoms with van der Waals surface area (Å²) in [5.41, 5.74) is 4.87. The molecule has 1 atom stereocenters. The van der Waals surface area contributed by atoms with E-state index in [2.05, 4.69) is 82.7 Å². The highest BCUT2D eigenvalue weighted by molar-refractivity contribution is 9.10. The number of halogens is 1. The molecule has 2 aromatic carbocycles. The SMILES string of the molecule is CN(C)c1ccc(Br)cc1NC1COCc2ccccc21. The normalized spacial score (nSPS) is 17.2. The monoisotopic (exact) mass is 346 g/mol. The van der Waals surface area contributed by atoms with E-state index < -0.39 is 0 Å². The Bertz CT molecular complexity index is 642. The molecule has 0 saturated heterocycles. The molecule has 0 aliphatic carbocycles. The van der Waals surface area contributed by atoms with Crippen LogP contribution in [0.5, 0.6) is 0 Å². The van der Waals surface area contributed by atoms with Crippen molar-refractivity contribution in [2.75, 3.05) is 30.9 Å². The fourth-order valence-corrected chi connectivity index (χ4v) is 3.06. The van der Waals surface area contributed by atoms with Gasteiger partial charge in [0, 0.05) is 18.6 Å². The first-order valence-electron chi connectivity index (χ1n) is 7.04. The number of hydrogen-bond acceptors (Lipinski definition) is 3. The first-order chi connectivity index (χ1) is 10.1. The van der Waals surface area contributed by atoms with Gasteiger partial charge in [0.2, 0.25) is 0 Å². The van der Waals surface area contributed by atoms with E-state index in [1.807, 2.05) is 0 Å². The van der Waals surface area contributed by atoms with Crippen LogP contribution in [-0.2, 0) is 11.3 Å². The van der Waals surface area contributed by atoms with Crippen LogP contribution in [0.4, 0.5) is 11.4 Å². The van der Waals surface area contributed by atoms with Gasteiger partial charge in [-0.1, -0.05) is 40.2 Å². The van der Waals surface area contributed by atoms with Crippen molar-refractivity contribution in [3.8, 4) is 0 Å². The Morgan fingerprint density at radius 1 is 1.19 bits per heavy atom. The van der Waals surface area contributed by atoms with Gasteiger partial charge >= 0.3 is 0 Å². The summed E-state index contributed by atoms with van der Waals surface area (Å²) in [6.45, 7) is 1.39. The molecule has 0 aromatic heterocycles. The number of nitrogens with one attached hydrogen (secondary N) is 1. The summed E-state index contributed by atoms with van der Waals surface area (Å²) in [6.07, 6.45) is 0. The van der Waals surface area contributed by atoms with E-state index in [0.29, 0.717) is 13.2 Å². The van der Waals surface area contributed by atoms with E-state index >= 15 is 0 Å². The van der Waals surface area contributed by atoms with Crippen LogP contribution >= 0.6 is 15.9 Å². The van der Waals surface area contributed by atoms with Crippen molar-refractivity contribution in [3.05, 3.63) is 58.1 Å². The van der Waals surface area contributed by atoms with Gasteiger partial charge in [0.25, 0.3) is 0 Å². The lowest BCUT2D eigenvalue weighted by Crippen LogP contribution is -2.24. The molecule has 110 valence electrons. The van der Waals surface area contributed by atoms with E-state index in [9.17, 15) is 0 Å². The minimum Gasteiger partial charge on any atom is -0.376 e. The van der Waals surface area contributed by atoms with Crippen molar-refractivity contribution in [1.82, 2.24) is 0 Å². The fourth-order valence-electron chi connectivity index (χ4n) is 2.70. The van der Waals surface area contributed by atoms with Crippen molar-refractivity contribution >= 4 is 27.3 Å². The molecule has 1 N–H and O–H groups in total. The summed E-state index contributed by atoms with van der Waals surface area (Å²) < 4.78 is 6.79. The standard InChI is InChI=1S/C17H19BrN2O/c1-20(2)17-8-7-13(18)9-15(17)19-16-11-21-10-12-5-3-4-6-14(12)16/h3-9,16,19H,10-11H2,1-2H3. The van der Waals surface area contributed by atoms with Gasteiger partial charge in [-0.25, -0.2) is 0 Å². The van der Waals surface area contributed by atoms with Crippen LogP contribution in [0.3, 0.4) is 0 Å². The maximum absolute atomic E-state index is 5.72. The molecule has 3 nitrogen and oxygen atoms in total. The van der Waals surface area contributed by atoms with E-state index in [1.165, 1.54) is 16.8 Å². The van der Waals surface area contributed by atoms with Crippen LogP contribution in [0.15, 0.2) is 46.9 Å². The van der Waals surface area contributed by atoms with Crippen molar-refractivity contribution in [2.24, 2.45) is 0 Å². The molecular weight excluding hydrogens is 328 g/mol. The second kappa shape index (κ2) is 6.08. The van der Waals surface area contributed by atoms with Gasteiger partial charge in [0.1, 0.15) is 0 Å². The zero-order valence-corrected chi connectivity index (χ0v) is 13.9. The average Bonchev–Trinajstić information content (AvgIpc) is 2.47. The molecule has 4 heteroatoms. The highest BCUT2D eigenvalue weighted by Crippen LogP contribution is 2.33. The van der Waals surface area contributed by atoms with E-state index in [0.717, 1.165) is 10.2 Å². The van der Waals surface area contributed by atoms with E-state index in [4.69, 9.17) is 4.74 Å². The Kier molecular flexibility index (Phi) is 4.17. The minimum absolute atomic E-state index is 0.183. The number of fused-ring (bicyclic) bond motifs is 1. The molecule has 1 aliphatic heterocycles. The number of anilines is 2. The molecule has 0 spiro atoms. The molecule has 3 rings (SSSR count). The first kappa shape index (κ1) is 14.4. The van der Waals surface area contributed by atoms with Crippen LogP contribution in [0.2, 0.25) is 0 Å². The fraction of sp³-hybridized carbons (Fsp3) is 0.294. The predicted molar refractivity (Wildman–Crippen MR) is 90.9 cm³/mol. The Morgan fingerprint density at radius 3 is 2.81 bits per heavy atom. The summed E-state index contributed by atoms with van der Waals surface area (Å²) in [4.78, 5) is 2.12. The second-order valence-corrected chi connectivity index (χ2v) is 6.38. The van der Waals surface area contributed by atoms with Crippen LogP contribution in [0.1, 0.15) is 17.2 Å². The van der Waals surface area contributed by atoms with Gasteiger partial charge in [0.15, 0.2) is 0 Å². The lowest BCUT2D eigenvalue weighted by molar-refractivity contribution is 0.0970. The quantitative estimate of drug-likeness (QED) is 0.901. The van der Waals surface area contributed by atoms with Gasteiger partial charge < -0.3 is 15.0 Å². The number of ether oxygens (including phenoxy) is 1. The highest BCUT2D eigenvalue weighted by Gasteiger charge is 2.21.